The topological polar surface area (TPSA) is 12.0 Å². The zero-order valence-electron chi connectivity index (χ0n) is 10.9. The second-order valence-corrected chi connectivity index (χ2v) is 5.89. The Balaban J connectivity index is 2.62. The van der Waals surface area contributed by atoms with Crippen molar-refractivity contribution in [2.75, 3.05) is 13.6 Å². The summed E-state index contributed by atoms with van der Waals surface area (Å²) in [5, 5.41) is 3.23. The van der Waals surface area contributed by atoms with Crippen molar-refractivity contribution in [3.05, 3.63) is 12.2 Å². The fraction of sp³-hybridized carbons (Fsp3) is 0.857. The van der Waals surface area contributed by atoms with Gasteiger partial charge in [-0.2, -0.15) is 0 Å². The molecule has 0 bridgehead atoms. The maximum absolute atomic E-state index is 4.27. The van der Waals surface area contributed by atoms with Crippen molar-refractivity contribution in [1.82, 2.24) is 5.32 Å². The second-order valence-electron chi connectivity index (χ2n) is 5.89. The molecule has 0 radical (unpaired) electrons. The number of hydrogen-bond donors (Lipinski definition) is 1. The largest absolute Gasteiger partial charge is 0.316 e. The molecule has 1 atom stereocenters. The second kappa shape index (κ2) is 4.69. The van der Waals surface area contributed by atoms with Gasteiger partial charge in [-0.3, -0.25) is 0 Å². The summed E-state index contributed by atoms with van der Waals surface area (Å²) in [6.45, 7) is 12.3. The van der Waals surface area contributed by atoms with Crippen LogP contribution >= 0.6 is 0 Å². The van der Waals surface area contributed by atoms with Crippen molar-refractivity contribution < 1.29 is 0 Å². The third-order valence-corrected chi connectivity index (χ3v) is 4.40. The van der Waals surface area contributed by atoms with Crippen LogP contribution in [0.15, 0.2) is 12.2 Å². The van der Waals surface area contributed by atoms with Gasteiger partial charge in [-0.15, -0.1) is 0 Å². The molecule has 88 valence electrons. The average molecular weight is 209 g/mol. The van der Waals surface area contributed by atoms with Crippen LogP contribution in [0.3, 0.4) is 0 Å². The zero-order valence-corrected chi connectivity index (χ0v) is 10.9. The molecule has 1 aliphatic carbocycles. The first-order valence-corrected chi connectivity index (χ1v) is 6.29. The molecule has 1 unspecified atom stereocenters. The first-order valence-electron chi connectivity index (χ1n) is 6.29. The third-order valence-electron chi connectivity index (χ3n) is 4.40. The lowest BCUT2D eigenvalue weighted by atomic mass is 9.60. The van der Waals surface area contributed by atoms with Crippen LogP contribution in [0.4, 0.5) is 0 Å². The maximum atomic E-state index is 4.27. The van der Waals surface area contributed by atoms with Gasteiger partial charge in [0.1, 0.15) is 0 Å². The summed E-state index contributed by atoms with van der Waals surface area (Å²) in [6, 6.07) is 0. The van der Waals surface area contributed by atoms with Crippen molar-refractivity contribution in [2.45, 2.75) is 52.9 Å². The predicted octanol–water partition coefficient (Wildman–Crippen LogP) is 3.76. The van der Waals surface area contributed by atoms with Gasteiger partial charge in [-0.1, -0.05) is 39.3 Å². The molecule has 1 N–H and O–H groups in total. The highest BCUT2D eigenvalue weighted by Crippen LogP contribution is 2.51. The number of hydrogen-bond acceptors (Lipinski definition) is 1. The summed E-state index contributed by atoms with van der Waals surface area (Å²) >= 11 is 0. The smallest absolute Gasteiger partial charge is 0.0164 e. The van der Waals surface area contributed by atoms with Crippen LogP contribution in [0.25, 0.3) is 0 Å². The fourth-order valence-corrected chi connectivity index (χ4v) is 2.83. The molecule has 0 saturated heterocycles. The zero-order chi connectivity index (χ0) is 11.5. The van der Waals surface area contributed by atoms with E-state index in [9.17, 15) is 0 Å². The van der Waals surface area contributed by atoms with Crippen LogP contribution in [0.1, 0.15) is 52.9 Å². The van der Waals surface area contributed by atoms with Gasteiger partial charge in [0.2, 0.25) is 0 Å². The van der Waals surface area contributed by atoms with Gasteiger partial charge in [0.05, 0.1) is 0 Å². The minimum atomic E-state index is 0.332. The minimum Gasteiger partial charge on any atom is -0.316 e. The van der Waals surface area contributed by atoms with Gasteiger partial charge in [-0.25, -0.2) is 0 Å². The van der Waals surface area contributed by atoms with Gasteiger partial charge in [0, 0.05) is 6.54 Å². The maximum Gasteiger partial charge on any atom is 0.0164 e. The molecule has 0 amide bonds. The summed E-state index contributed by atoms with van der Waals surface area (Å²) in [5.41, 5.74) is 2.31. The van der Waals surface area contributed by atoms with E-state index in [0.29, 0.717) is 10.8 Å². The standard InChI is InChI=1S/C14H27N/c1-6-14(4,12(2)10-15-5)11-13(3)8-7-9-13/h15H,2,6-11H2,1,3-5H3. The Kier molecular flexibility index (Phi) is 3.99. The number of nitrogens with one attached hydrogen (secondary N) is 1. The van der Waals surface area contributed by atoms with Crippen LogP contribution < -0.4 is 5.32 Å². The highest BCUT2D eigenvalue weighted by molar-refractivity contribution is 5.12. The van der Waals surface area contributed by atoms with Gasteiger partial charge in [0.15, 0.2) is 0 Å². The highest BCUT2D eigenvalue weighted by atomic mass is 14.8. The van der Waals surface area contributed by atoms with E-state index < -0.39 is 0 Å². The van der Waals surface area contributed by atoms with E-state index in [1.807, 2.05) is 7.05 Å². The highest BCUT2D eigenvalue weighted by Gasteiger charge is 2.39. The fourth-order valence-electron chi connectivity index (χ4n) is 2.83. The van der Waals surface area contributed by atoms with E-state index >= 15 is 0 Å². The Hall–Kier alpha value is -0.300. The van der Waals surface area contributed by atoms with Crippen LogP contribution in [0, 0.1) is 10.8 Å². The summed E-state index contributed by atoms with van der Waals surface area (Å²) in [7, 11) is 2.01. The number of rotatable bonds is 6. The molecular weight excluding hydrogens is 182 g/mol. The van der Waals surface area contributed by atoms with E-state index in [2.05, 4.69) is 32.7 Å². The SMILES string of the molecule is C=C(CNC)C(C)(CC)CC1(C)CCC1. The van der Waals surface area contributed by atoms with Crippen molar-refractivity contribution >= 4 is 0 Å². The lowest BCUT2D eigenvalue weighted by Gasteiger charge is -2.46. The summed E-state index contributed by atoms with van der Waals surface area (Å²) in [6.07, 6.45) is 6.78. The Morgan fingerprint density at radius 3 is 2.40 bits per heavy atom. The Bertz CT molecular complexity index is 227. The van der Waals surface area contributed by atoms with Gasteiger partial charge in [-0.05, 0) is 43.6 Å². The van der Waals surface area contributed by atoms with Crippen LogP contribution in [-0.4, -0.2) is 13.6 Å². The number of likely N-dealkylation sites (N-methyl/N-ethyl adjacent to an activating group) is 1. The van der Waals surface area contributed by atoms with E-state index in [1.165, 1.54) is 37.7 Å². The van der Waals surface area contributed by atoms with Gasteiger partial charge < -0.3 is 5.32 Å². The monoisotopic (exact) mass is 209 g/mol. The van der Waals surface area contributed by atoms with E-state index in [0.717, 1.165) is 6.54 Å². The molecule has 1 nitrogen and oxygen atoms in total. The first kappa shape index (κ1) is 12.8. The summed E-state index contributed by atoms with van der Waals surface area (Å²) in [4.78, 5) is 0. The molecule has 15 heavy (non-hydrogen) atoms. The van der Waals surface area contributed by atoms with Crippen molar-refractivity contribution in [1.29, 1.82) is 0 Å². The van der Waals surface area contributed by atoms with Crippen molar-refractivity contribution in [3.63, 3.8) is 0 Å². The molecule has 0 aliphatic heterocycles. The molecule has 1 heteroatoms. The quantitative estimate of drug-likeness (QED) is 0.657. The van der Waals surface area contributed by atoms with Crippen LogP contribution in [0.2, 0.25) is 0 Å². The summed E-state index contributed by atoms with van der Waals surface area (Å²) < 4.78 is 0. The van der Waals surface area contributed by atoms with Crippen molar-refractivity contribution in [2.24, 2.45) is 10.8 Å². The molecule has 1 saturated carbocycles. The van der Waals surface area contributed by atoms with Crippen LogP contribution in [0.5, 0.6) is 0 Å². The van der Waals surface area contributed by atoms with E-state index in [1.54, 1.807) is 0 Å². The lowest BCUT2D eigenvalue weighted by molar-refractivity contribution is 0.0885. The molecule has 1 fully saturated rings. The molecule has 0 aromatic heterocycles. The normalized spacial score (nSPS) is 22.9. The van der Waals surface area contributed by atoms with E-state index in [4.69, 9.17) is 0 Å². The van der Waals surface area contributed by atoms with Crippen LogP contribution in [-0.2, 0) is 0 Å². The Morgan fingerprint density at radius 2 is 2.07 bits per heavy atom. The van der Waals surface area contributed by atoms with Gasteiger partial charge in [0.25, 0.3) is 0 Å². The molecule has 0 spiro atoms. The molecule has 0 aromatic rings. The lowest BCUT2D eigenvalue weighted by Crippen LogP contribution is -2.35. The molecule has 0 heterocycles. The average Bonchev–Trinajstić information content (AvgIpc) is 2.15. The van der Waals surface area contributed by atoms with Gasteiger partial charge >= 0.3 is 0 Å². The summed E-state index contributed by atoms with van der Waals surface area (Å²) in [5.74, 6) is 0. The minimum absolute atomic E-state index is 0.332. The first-order chi connectivity index (χ1) is 6.96. The van der Waals surface area contributed by atoms with Crippen molar-refractivity contribution in [3.8, 4) is 0 Å². The molecular formula is C14H27N. The molecule has 0 aromatic carbocycles. The molecule has 1 aliphatic rings. The van der Waals surface area contributed by atoms with E-state index in [-0.39, 0.29) is 0 Å². The Morgan fingerprint density at radius 1 is 1.47 bits per heavy atom. The third kappa shape index (κ3) is 2.84. The predicted molar refractivity (Wildman–Crippen MR) is 68.0 cm³/mol. The molecule has 1 rings (SSSR count). The Labute approximate surface area is 95.3 Å².